The van der Waals surface area contributed by atoms with Gasteiger partial charge in [-0.2, -0.15) is 0 Å². The average Bonchev–Trinajstić information content (AvgIpc) is 2.70. The average molecular weight is 241 g/mol. The number of hydrogen-bond acceptors (Lipinski definition) is 3. The standard InChI is InChI=1S/C11H13ClN2O2/c12-7-1-2-9(10(13)5-7)11(15)14-8-3-4-16-6-8/h1-2,5,8H,3-4,6,13H2,(H,14,15). The van der Waals surface area contributed by atoms with Crippen molar-refractivity contribution in [1.29, 1.82) is 0 Å². The van der Waals surface area contributed by atoms with Gasteiger partial charge in [0.2, 0.25) is 0 Å². The molecule has 1 unspecified atom stereocenters. The number of carbonyl (C=O) groups is 1. The lowest BCUT2D eigenvalue weighted by molar-refractivity contribution is 0.0931. The fourth-order valence-electron chi connectivity index (χ4n) is 1.65. The third kappa shape index (κ3) is 2.46. The number of halogens is 1. The number of amides is 1. The Labute approximate surface area is 98.7 Å². The molecule has 1 aromatic rings. The van der Waals surface area contributed by atoms with Gasteiger partial charge in [-0.3, -0.25) is 4.79 Å². The lowest BCUT2D eigenvalue weighted by Crippen LogP contribution is -2.35. The number of nitrogens with two attached hydrogens (primary N) is 1. The Balaban J connectivity index is 2.08. The molecule has 16 heavy (non-hydrogen) atoms. The zero-order valence-electron chi connectivity index (χ0n) is 8.70. The molecule has 0 saturated carbocycles. The number of carbonyl (C=O) groups excluding carboxylic acids is 1. The molecular weight excluding hydrogens is 228 g/mol. The van der Waals surface area contributed by atoms with Crippen LogP contribution in [0.2, 0.25) is 5.02 Å². The summed E-state index contributed by atoms with van der Waals surface area (Å²) >= 11 is 5.76. The summed E-state index contributed by atoms with van der Waals surface area (Å²) < 4.78 is 5.18. The van der Waals surface area contributed by atoms with Crippen LogP contribution in [0.3, 0.4) is 0 Å². The predicted octanol–water partition coefficient (Wildman–Crippen LogP) is 1.44. The van der Waals surface area contributed by atoms with E-state index in [1.54, 1.807) is 18.2 Å². The van der Waals surface area contributed by atoms with Crippen molar-refractivity contribution in [3.8, 4) is 0 Å². The number of ether oxygens (including phenoxy) is 1. The first-order chi connectivity index (χ1) is 7.66. The summed E-state index contributed by atoms with van der Waals surface area (Å²) in [6, 6.07) is 4.94. The fourth-order valence-corrected chi connectivity index (χ4v) is 1.83. The van der Waals surface area contributed by atoms with Gasteiger partial charge in [0, 0.05) is 17.3 Å². The molecule has 0 aliphatic carbocycles. The summed E-state index contributed by atoms with van der Waals surface area (Å²) in [6.07, 6.45) is 0.846. The highest BCUT2D eigenvalue weighted by Gasteiger charge is 2.19. The lowest BCUT2D eigenvalue weighted by atomic mass is 10.1. The molecule has 1 heterocycles. The van der Waals surface area contributed by atoms with Gasteiger partial charge in [0.15, 0.2) is 0 Å². The first-order valence-corrected chi connectivity index (χ1v) is 5.48. The molecule has 4 nitrogen and oxygen atoms in total. The van der Waals surface area contributed by atoms with Gasteiger partial charge < -0.3 is 15.8 Å². The van der Waals surface area contributed by atoms with E-state index in [1.165, 1.54) is 0 Å². The van der Waals surface area contributed by atoms with Crippen LogP contribution >= 0.6 is 11.6 Å². The molecule has 0 radical (unpaired) electrons. The molecule has 1 amide bonds. The van der Waals surface area contributed by atoms with Gasteiger partial charge in [0.1, 0.15) is 0 Å². The highest BCUT2D eigenvalue weighted by molar-refractivity contribution is 6.31. The summed E-state index contributed by atoms with van der Waals surface area (Å²) in [4.78, 5) is 11.8. The summed E-state index contributed by atoms with van der Waals surface area (Å²) in [5, 5.41) is 3.39. The number of nitrogens with one attached hydrogen (secondary N) is 1. The second kappa shape index (κ2) is 4.72. The van der Waals surface area contributed by atoms with Crippen LogP contribution in [-0.4, -0.2) is 25.2 Å². The van der Waals surface area contributed by atoms with Crippen LogP contribution in [-0.2, 0) is 4.74 Å². The van der Waals surface area contributed by atoms with E-state index in [1.807, 2.05) is 0 Å². The molecule has 3 N–H and O–H groups in total. The van der Waals surface area contributed by atoms with Gasteiger partial charge in [0.05, 0.1) is 18.2 Å². The summed E-state index contributed by atoms with van der Waals surface area (Å²) in [5.41, 5.74) is 6.57. The Kier molecular flexibility index (Phi) is 3.31. The molecule has 0 aromatic heterocycles. The number of hydrogen-bond donors (Lipinski definition) is 2. The molecule has 1 fully saturated rings. The van der Waals surface area contributed by atoms with Crippen molar-refractivity contribution in [2.45, 2.75) is 12.5 Å². The molecule has 1 aromatic carbocycles. The third-order valence-corrected chi connectivity index (χ3v) is 2.76. The van der Waals surface area contributed by atoms with Crippen LogP contribution in [0.4, 0.5) is 5.69 Å². The fraction of sp³-hybridized carbons (Fsp3) is 0.364. The van der Waals surface area contributed by atoms with Gasteiger partial charge in [-0.1, -0.05) is 11.6 Å². The van der Waals surface area contributed by atoms with Gasteiger partial charge in [-0.05, 0) is 24.6 Å². The van der Waals surface area contributed by atoms with E-state index in [4.69, 9.17) is 22.1 Å². The monoisotopic (exact) mass is 240 g/mol. The molecule has 2 rings (SSSR count). The second-order valence-corrected chi connectivity index (χ2v) is 4.20. The lowest BCUT2D eigenvalue weighted by Gasteiger charge is -2.11. The van der Waals surface area contributed by atoms with Crippen molar-refractivity contribution in [1.82, 2.24) is 5.32 Å². The van der Waals surface area contributed by atoms with Crippen LogP contribution in [0.15, 0.2) is 18.2 Å². The van der Waals surface area contributed by atoms with Crippen LogP contribution in [0.25, 0.3) is 0 Å². The molecular formula is C11H13ClN2O2. The Bertz CT molecular complexity index is 403. The summed E-state index contributed by atoms with van der Waals surface area (Å²) in [6.45, 7) is 1.26. The van der Waals surface area contributed by atoms with Crippen molar-refractivity contribution in [2.75, 3.05) is 18.9 Å². The topological polar surface area (TPSA) is 64.4 Å². The Morgan fingerprint density at radius 3 is 3.00 bits per heavy atom. The van der Waals surface area contributed by atoms with E-state index in [0.29, 0.717) is 29.5 Å². The SMILES string of the molecule is Nc1cc(Cl)ccc1C(=O)NC1CCOC1. The van der Waals surface area contributed by atoms with Gasteiger partial charge in [-0.15, -0.1) is 0 Å². The maximum absolute atomic E-state index is 11.8. The number of anilines is 1. The zero-order valence-corrected chi connectivity index (χ0v) is 9.46. The Hall–Kier alpha value is -1.26. The van der Waals surface area contributed by atoms with Crippen molar-refractivity contribution < 1.29 is 9.53 Å². The van der Waals surface area contributed by atoms with E-state index in [0.717, 1.165) is 6.42 Å². The molecule has 5 heteroatoms. The van der Waals surface area contributed by atoms with E-state index in [9.17, 15) is 4.79 Å². The van der Waals surface area contributed by atoms with Crippen LogP contribution in [0.5, 0.6) is 0 Å². The predicted molar refractivity (Wildman–Crippen MR) is 62.6 cm³/mol. The van der Waals surface area contributed by atoms with Crippen LogP contribution in [0.1, 0.15) is 16.8 Å². The van der Waals surface area contributed by atoms with Gasteiger partial charge >= 0.3 is 0 Å². The normalized spacial score (nSPS) is 19.7. The van der Waals surface area contributed by atoms with Crippen molar-refractivity contribution in [2.24, 2.45) is 0 Å². The van der Waals surface area contributed by atoms with Crippen molar-refractivity contribution in [3.63, 3.8) is 0 Å². The highest BCUT2D eigenvalue weighted by atomic mass is 35.5. The summed E-state index contributed by atoms with van der Waals surface area (Å²) in [5.74, 6) is -0.176. The second-order valence-electron chi connectivity index (χ2n) is 3.77. The van der Waals surface area contributed by atoms with E-state index >= 15 is 0 Å². The van der Waals surface area contributed by atoms with E-state index < -0.39 is 0 Å². The summed E-state index contributed by atoms with van der Waals surface area (Å²) in [7, 11) is 0. The minimum Gasteiger partial charge on any atom is -0.398 e. The smallest absolute Gasteiger partial charge is 0.253 e. The minimum absolute atomic E-state index is 0.0857. The zero-order chi connectivity index (χ0) is 11.5. The number of nitrogen functional groups attached to an aromatic ring is 1. The quantitative estimate of drug-likeness (QED) is 0.769. The van der Waals surface area contributed by atoms with Gasteiger partial charge in [0.25, 0.3) is 5.91 Å². The Morgan fingerprint density at radius 2 is 2.38 bits per heavy atom. The van der Waals surface area contributed by atoms with Gasteiger partial charge in [-0.25, -0.2) is 0 Å². The molecule has 1 atom stereocenters. The van der Waals surface area contributed by atoms with E-state index in [-0.39, 0.29) is 11.9 Å². The molecule has 0 spiro atoms. The van der Waals surface area contributed by atoms with Crippen molar-refractivity contribution in [3.05, 3.63) is 28.8 Å². The maximum Gasteiger partial charge on any atom is 0.253 e. The molecule has 1 aliphatic rings. The first-order valence-electron chi connectivity index (χ1n) is 5.10. The van der Waals surface area contributed by atoms with Crippen molar-refractivity contribution >= 4 is 23.2 Å². The minimum atomic E-state index is -0.176. The molecule has 0 bridgehead atoms. The number of rotatable bonds is 2. The first kappa shape index (κ1) is 11.2. The molecule has 1 aliphatic heterocycles. The number of benzene rings is 1. The largest absolute Gasteiger partial charge is 0.398 e. The highest BCUT2D eigenvalue weighted by Crippen LogP contribution is 2.18. The maximum atomic E-state index is 11.8. The molecule has 86 valence electrons. The van der Waals surface area contributed by atoms with E-state index in [2.05, 4.69) is 5.32 Å². The Morgan fingerprint density at radius 1 is 1.56 bits per heavy atom. The third-order valence-electron chi connectivity index (χ3n) is 2.52. The van der Waals surface area contributed by atoms with Crippen LogP contribution < -0.4 is 11.1 Å². The van der Waals surface area contributed by atoms with Crippen LogP contribution in [0, 0.1) is 0 Å². The molecule has 1 saturated heterocycles.